The Bertz CT molecular complexity index is 1280. The molecule has 0 saturated heterocycles. The molecule has 0 aliphatic rings. The van der Waals surface area contributed by atoms with Crippen LogP contribution in [0.1, 0.15) is 15.9 Å². The number of carbonyl (C=O) groups excluding carboxylic acids is 2. The van der Waals surface area contributed by atoms with Crippen LogP contribution < -0.4 is 10.6 Å². The van der Waals surface area contributed by atoms with E-state index in [9.17, 15) is 9.59 Å². The summed E-state index contributed by atoms with van der Waals surface area (Å²) in [5.41, 5.74) is 3.51. The van der Waals surface area contributed by atoms with Crippen molar-refractivity contribution in [2.24, 2.45) is 0 Å². The van der Waals surface area contributed by atoms with Crippen molar-refractivity contribution in [3.8, 4) is 0 Å². The summed E-state index contributed by atoms with van der Waals surface area (Å²) in [4.78, 5) is 26.0. The topological polar surface area (TPSA) is 63.1 Å². The number of benzene rings is 3. The van der Waals surface area contributed by atoms with E-state index in [0.29, 0.717) is 24.4 Å². The van der Waals surface area contributed by atoms with E-state index < -0.39 is 0 Å². The monoisotopic (exact) mass is 521 g/mol. The molecule has 0 spiro atoms. The number of carbonyl (C=O) groups is 2. The van der Waals surface area contributed by atoms with Gasteiger partial charge in [-0.2, -0.15) is 0 Å². The second-order valence-electron chi connectivity index (χ2n) is 7.62. The highest BCUT2D eigenvalue weighted by Gasteiger charge is 2.12. The summed E-state index contributed by atoms with van der Waals surface area (Å²) in [6.07, 6.45) is 2.06. The third-order valence-corrected chi connectivity index (χ3v) is 6.84. The Hall–Kier alpha value is -3.03. The molecule has 4 rings (SSSR count). The molecule has 0 aliphatic carbocycles. The number of halogens is 1. The van der Waals surface area contributed by atoms with E-state index in [1.807, 2.05) is 67.6 Å². The van der Waals surface area contributed by atoms with E-state index in [2.05, 4.69) is 49.5 Å². The number of aromatic nitrogens is 1. The average molecular weight is 522 g/mol. The molecule has 1 aromatic heterocycles. The summed E-state index contributed by atoms with van der Waals surface area (Å²) >= 11 is 4.91. The van der Waals surface area contributed by atoms with Crippen LogP contribution in [0.3, 0.4) is 0 Å². The van der Waals surface area contributed by atoms with E-state index in [0.717, 1.165) is 31.5 Å². The maximum absolute atomic E-state index is 12.5. The van der Waals surface area contributed by atoms with Gasteiger partial charge in [0.1, 0.15) is 0 Å². The lowest BCUT2D eigenvalue weighted by Gasteiger charge is -2.09. The fraction of sp³-hybridized carbons (Fsp3) is 0.154. The van der Waals surface area contributed by atoms with Crippen LogP contribution in [0.15, 0.2) is 88.4 Å². The van der Waals surface area contributed by atoms with Gasteiger partial charge in [-0.25, -0.2) is 0 Å². The normalized spacial score (nSPS) is 10.8. The van der Waals surface area contributed by atoms with Gasteiger partial charge in [0.05, 0.1) is 5.75 Å². The van der Waals surface area contributed by atoms with Crippen molar-refractivity contribution >= 4 is 56.1 Å². The van der Waals surface area contributed by atoms with Gasteiger partial charge in [0, 0.05) is 50.8 Å². The number of para-hydroxylation sites is 1. The lowest BCUT2D eigenvalue weighted by Crippen LogP contribution is -2.27. The quantitative estimate of drug-likeness (QED) is 0.285. The lowest BCUT2D eigenvalue weighted by molar-refractivity contribution is -0.113. The minimum absolute atomic E-state index is 0.0513. The van der Waals surface area contributed by atoms with Gasteiger partial charge < -0.3 is 15.2 Å². The fourth-order valence-electron chi connectivity index (χ4n) is 3.60. The van der Waals surface area contributed by atoms with Crippen LogP contribution >= 0.6 is 27.7 Å². The van der Waals surface area contributed by atoms with Gasteiger partial charge in [-0.15, -0.1) is 11.8 Å². The SMILES string of the molecule is Cc1ccccc1C(=O)NCCn1cc(SCC(=O)Nc2ccc(Br)cc2)c2ccccc21. The van der Waals surface area contributed by atoms with Crippen molar-refractivity contribution < 1.29 is 9.59 Å². The average Bonchev–Trinajstić information content (AvgIpc) is 3.17. The molecule has 0 aliphatic heterocycles. The summed E-state index contributed by atoms with van der Waals surface area (Å²) in [7, 11) is 0. The molecule has 4 aromatic rings. The van der Waals surface area contributed by atoms with Gasteiger partial charge in [-0.1, -0.05) is 52.3 Å². The predicted molar refractivity (Wildman–Crippen MR) is 139 cm³/mol. The Morgan fingerprint density at radius 2 is 1.70 bits per heavy atom. The van der Waals surface area contributed by atoms with Crippen molar-refractivity contribution in [2.45, 2.75) is 18.4 Å². The fourth-order valence-corrected chi connectivity index (χ4v) is 4.75. The maximum atomic E-state index is 12.5. The van der Waals surface area contributed by atoms with Gasteiger partial charge in [-0.05, 0) is 48.9 Å². The summed E-state index contributed by atoms with van der Waals surface area (Å²) < 4.78 is 3.10. The summed E-state index contributed by atoms with van der Waals surface area (Å²) in [5.74, 6) is 0.196. The minimum atomic E-state index is -0.0660. The molecule has 1 heterocycles. The number of nitrogens with one attached hydrogen (secondary N) is 2. The Balaban J connectivity index is 1.39. The Labute approximate surface area is 205 Å². The van der Waals surface area contributed by atoms with E-state index in [1.165, 1.54) is 11.8 Å². The van der Waals surface area contributed by atoms with Crippen LogP contribution in [-0.2, 0) is 11.3 Å². The summed E-state index contributed by atoms with van der Waals surface area (Å²) in [6, 6.07) is 23.2. The molecule has 3 aromatic carbocycles. The summed E-state index contributed by atoms with van der Waals surface area (Å²) in [5, 5.41) is 7.04. The lowest BCUT2D eigenvalue weighted by atomic mass is 10.1. The molecule has 2 amide bonds. The predicted octanol–water partition coefficient (Wildman–Crippen LogP) is 5.87. The van der Waals surface area contributed by atoms with Crippen molar-refractivity contribution in [3.63, 3.8) is 0 Å². The van der Waals surface area contributed by atoms with Gasteiger partial charge >= 0.3 is 0 Å². The largest absolute Gasteiger partial charge is 0.350 e. The van der Waals surface area contributed by atoms with Gasteiger partial charge in [0.2, 0.25) is 5.91 Å². The highest BCUT2D eigenvalue weighted by Crippen LogP contribution is 2.30. The Kier molecular flexibility index (Phi) is 7.52. The molecule has 0 radical (unpaired) electrons. The van der Waals surface area contributed by atoms with Gasteiger partial charge in [0.25, 0.3) is 5.91 Å². The van der Waals surface area contributed by atoms with Gasteiger partial charge in [0.15, 0.2) is 0 Å². The Morgan fingerprint density at radius 3 is 2.48 bits per heavy atom. The summed E-state index contributed by atoms with van der Waals surface area (Å²) in [6.45, 7) is 3.09. The van der Waals surface area contributed by atoms with Crippen molar-refractivity contribution in [2.75, 3.05) is 17.6 Å². The number of amides is 2. The first kappa shape index (κ1) is 23.1. The first-order valence-electron chi connectivity index (χ1n) is 10.6. The number of rotatable bonds is 8. The number of anilines is 1. The molecule has 0 unspecified atom stereocenters. The maximum Gasteiger partial charge on any atom is 0.251 e. The third kappa shape index (κ3) is 5.86. The van der Waals surface area contributed by atoms with E-state index in [1.54, 1.807) is 0 Å². The Morgan fingerprint density at radius 1 is 0.970 bits per heavy atom. The first-order chi connectivity index (χ1) is 16.0. The molecule has 0 atom stereocenters. The standard InChI is InChI=1S/C26H24BrN3O2S/c1-18-6-2-3-7-21(18)26(32)28-14-15-30-16-24(22-8-4-5-9-23(22)30)33-17-25(31)29-20-12-10-19(27)11-13-20/h2-13,16H,14-15,17H2,1H3,(H,28,32)(H,29,31). The zero-order chi connectivity index (χ0) is 23.2. The molecular formula is C26H24BrN3O2S. The van der Waals surface area contributed by atoms with Crippen molar-refractivity contribution in [1.82, 2.24) is 9.88 Å². The van der Waals surface area contributed by atoms with Crippen LogP contribution in [0.5, 0.6) is 0 Å². The number of hydrogen-bond acceptors (Lipinski definition) is 3. The second-order valence-corrected chi connectivity index (χ2v) is 9.55. The highest BCUT2D eigenvalue weighted by molar-refractivity contribution is 9.10. The zero-order valence-corrected chi connectivity index (χ0v) is 20.6. The molecular weight excluding hydrogens is 498 g/mol. The smallest absolute Gasteiger partial charge is 0.251 e. The number of aryl methyl sites for hydroxylation is 1. The molecule has 2 N–H and O–H groups in total. The van der Waals surface area contributed by atoms with Crippen LogP contribution in [0, 0.1) is 6.92 Å². The van der Waals surface area contributed by atoms with Crippen LogP contribution in [0.2, 0.25) is 0 Å². The number of thioether (sulfide) groups is 1. The molecule has 5 nitrogen and oxygen atoms in total. The second kappa shape index (κ2) is 10.7. The van der Waals surface area contributed by atoms with E-state index in [-0.39, 0.29) is 11.8 Å². The minimum Gasteiger partial charge on any atom is -0.350 e. The molecule has 0 bridgehead atoms. The number of nitrogens with zero attached hydrogens (tertiary/aromatic N) is 1. The van der Waals surface area contributed by atoms with Crippen molar-refractivity contribution in [1.29, 1.82) is 0 Å². The van der Waals surface area contributed by atoms with Gasteiger partial charge in [-0.3, -0.25) is 9.59 Å². The van der Waals surface area contributed by atoms with E-state index in [4.69, 9.17) is 0 Å². The van der Waals surface area contributed by atoms with Crippen LogP contribution in [-0.4, -0.2) is 28.7 Å². The number of hydrogen-bond donors (Lipinski definition) is 2. The van der Waals surface area contributed by atoms with Crippen molar-refractivity contribution in [3.05, 3.63) is 94.6 Å². The first-order valence-corrected chi connectivity index (χ1v) is 12.4. The van der Waals surface area contributed by atoms with E-state index >= 15 is 0 Å². The van der Waals surface area contributed by atoms with Crippen LogP contribution in [0.4, 0.5) is 5.69 Å². The molecule has 0 fully saturated rings. The number of fused-ring (bicyclic) bond motifs is 1. The molecule has 168 valence electrons. The van der Waals surface area contributed by atoms with Crippen LogP contribution in [0.25, 0.3) is 10.9 Å². The highest BCUT2D eigenvalue weighted by atomic mass is 79.9. The third-order valence-electron chi connectivity index (χ3n) is 5.27. The molecule has 0 saturated carbocycles. The molecule has 7 heteroatoms. The zero-order valence-electron chi connectivity index (χ0n) is 18.2. The molecule has 33 heavy (non-hydrogen) atoms.